The molecule has 1 atom stereocenters. The molecule has 1 unspecified atom stereocenters. The highest BCUT2D eigenvalue weighted by atomic mass is 35.6. The first-order valence-corrected chi connectivity index (χ1v) is 10.2. The van der Waals surface area contributed by atoms with E-state index in [-0.39, 0.29) is 0 Å². The quantitative estimate of drug-likeness (QED) is 0.422. The Morgan fingerprint density at radius 3 is 2.00 bits per heavy atom. The standard InChI is InChI=1S/C22H20Cl3NO5/c1-28-15-6-5-13(10-16(15)29-2)19(21(27)22(23,24)25)20-14-11-18(31-4)17(30-3)9-12(14)7-8-26-20/h5-11,19H,1-4H3. The van der Waals surface area contributed by atoms with Gasteiger partial charge in [-0.05, 0) is 41.3 Å². The van der Waals surface area contributed by atoms with Crippen LogP contribution < -0.4 is 18.9 Å². The van der Waals surface area contributed by atoms with E-state index in [9.17, 15) is 4.79 Å². The number of fused-ring (bicyclic) bond motifs is 1. The maximum atomic E-state index is 13.3. The molecule has 9 heteroatoms. The van der Waals surface area contributed by atoms with Crippen molar-refractivity contribution >= 4 is 51.4 Å². The molecular weight excluding hydrogens is 465 g/mol. The highest BCUT2D eigenvalue weighted by molar-refractivity contribution is 6.76. The maximum absolute atomic E-state index is 13.3. The Morgan fingerprint density at radius 1 is 0.839 bits per heavy atom. The molecule has 0 spiro atoms. The van der Waals surface area contributed by atoms with Crippen molar-refractivity contribution in [3.05, 3.63) is 53.9 Å². The van der Waals surface area contributed by atoms with Gasteiger partial charge in [0, 0.05) is 11.6 Å². The molecule has 0 bridgehead atoms. The molecule has 0 saturated carbocycles. The molecule has 2 aromatic carbocycles. The molecule has 1 aromatic heterocycles. The van der Waals surface area contributed by atoms with E-state index in [1.54, 1.807) is 49.7 Å². The summed E-state index contributed by atoms with van der Waals surface area (Å²) >= 11 is 18.1. The molecule has 164 valence electrons. The van der Waals surface area contributed by atoms with Crippen LogP contribution in [0.25, 0.3) is 10.8 Å². The SMILES string of the molecule is COc1ccc(C(C(=O)C(Cl)(Cl)Cl)c2nccc3cc(OC)c(OC)cc23)cc1OC. The highest BCUT2D eigenvalue weighted by Crippen LogP contribution is 2.42. The molecule has 3 aromatic rings. The Hall–Kier alpha value is -2.41. The zero-order chi connectivity index (χ0) is 22.8. The van der Waals surface area contributed by atoms with E-state index in [4.69, 9.17) is 53.8 Å². The number of nitrogens with zero attached hydrogens (tertiary/aromatic N) is 1. The second-order valence-corrected chi connectivity index (χ2v) is 8.82. The van der Waals surface area contributed by atoms with Gasteiger partial charge in [-0.15, -0.1) is 0 Å². The summed E-state index contributed by atoms with van der Waals surface area (Å²) in [6, 6.07) is 10.4. The van der Waals surface area contributed by atoms with Crippen molar-refractivity contribution in [1.82, 2.24) is 4.98 Å². The molecule has 1 heterocycles. The van der Waals surface area contributed by atoms with Gasteiger partial charge in [-0.3, -0.25) is 9.78 Å². The van der Waals surface area contributed by atoms with E-state index in [2.05, 4.69) is 4.98 Å². The average Bonchev–Trinajstić information content (AvgIpc) is 2.77. The number of halogens is 3. The van der Waals surface area contributed by atoms with Crippen molar-refractivity contribution in [2.45, 2.75) is 9.71 Å². The Bertz CT molecular complexity index is 1110. The lowest BCUT2D eigenvalue weighted by Crippen LogP contribution is -2.28. The van der Waals surface area contributed by atoms with Crippen molar-refractivity contribution in [1.29, 1.82) is 0 Å². The first-order chi connectivity index (χ1) is 14.7. The second-order valence-electron chi connectivity index (χ2n) is 6.53. The molecular formula is C22H20Cl3NO5. The Balaban J connectivity index is 2.31. The molecule has 0 fully saturated rings. The topological polar surface area (TPSA) is 66.9 Å². The van der Waals surface area contributed by atoms with Gasteiger partial charge in [0.2, 0.25) is 3.79 Å². The van der Waals surface area contributed by atoms with Crippen LogP contribution in [-0.2, 0) is 4.79 Å². The number of aromatic nitrogens is 1. The lowest BCUT2D eigenvalue weighted by molar-refractivity contribution is -0.118. The van der Waals surface area contributed by atoms with Crippen LogP contribution in [0.3, 0.4) is 0 Å². The number of hydrogen-bond acceptors (Lipinski definition) is 6. The lowest BCUT2D eigenvalue weighted by atomic mass is 9.88. The van der Waals surface area contributed by atoms with E-state index in [0.29, 0.717) is 39.6 Å². The van der Waals surface area contributed by atoms with E-state index >= 15 is 0 Å². The van der Waals surface area contributed by atoms with Crippen LogP contribution in [0.1, 0.15) is 17.2 Å². The summed E-state index contributed by atoms with van der Waals surface area (Å²) in [6.45, 7) is 0. The van der Waals surface area contributed by atoms with E-state index in [1.807, 2.05) is 0 Å². The molecule has 0 saturated heterocycles. The number of methoxy groups -OCH3 is 4. The fourth-order valence-corrected chi connectivity index (χ4v) is 3.71. The fourth-order valence-electron chi connectivity index (χ4n) is 3.38. The molecule has 0 amide bonds. The van der Waals surface area contributed by atoms with Crippen LogP contribution in [0.2, 0.25) is 0 Å². The second kappa shape index (κ2) is 9.39. The summed E-state index contributed by atoms with van der Waals surface area (Å²) in [5.74, 6) is 0.318. The number of ether oxygens (including phenoxy) is 4. The monoisotopic (exact) mass is 483 g/mol. The van der Waals surface area contributed by atoms with Crippen LogP contribution in [0, 0.1) is 0 Å². The molecule has 0 N–H and O–H groups in total. The van der Waals surface area contributed by atoms with Crippen molar-refractivity contribution in [2.75, 3.05) is 28.4 Å². The van der Waals surface area contributed by atoms with Gasteiger partial charge in [-0.2, -0.15) is 0 Å². The summed E-state index contributed by atoms with van der Waals surface area (Å²) in [7, 11) is 6.09. The summed E-state index contributed by atoms with van der Waals surface area (Å²) in [5, 5.41) is 1.44. The Morgan fingerprint density at radius 2 is 1.42 bits per heavy atom. The first-order valence-electron chi connectivity index (χ1n) is 9.08. The van der Waals surface area contributed by atoms with Crippen molar-refractivity contribution in [3.8, 4) is 23.0 Å². The maximum Gasteiger partial charge on any atom is 0.249 e. The Kier molecular flexibility index (Phi) is 7.04. The van der Waals surface area contributed by atoms with Crippen molar-refractivity contribution < 1.29 is 23.7 Å². The number of carbonyl (C=O) groups is 1. The molecule has 6 nitrogen and oxygen atoms in total. The number of carbonyl (C=O) groups excluding carboxylic acids is 1. The van der Waals surface area contributed by atoms with Gasteiger partial charge in [0.1, 0.15) is 0 Å². The van der Waals surface area contributed by atoms with Crippen LogP contribution in [0.4, 0.5) is 0 Å². The predicted molar refractivity (Wildman–Crippen MR) is 122 cm³/mol. The largest absolute Gasteiger partial charge is 0.493 e. The van der Waals surface area contributed by atoms with Crippen LogP contribution in [-0.4, -0.2) is 43.0 Å². The summed E-state index contributed by atoms with van der Waals surface area (Å²) in [5.41, 5.74) is 0.936. The Labute approximate surface area is 194 Å². The normalized spacial score (nSPS) is 12.4. The zero-order valence-electron chi connectivity index (χ0n) is 17.2. The van der Waals surface area contributed by atoms with Crippen LogP contribution in [0.5, 0.6) is 23.0 Å². The number of alkyl halides is 3. The molecule has 0 aliphatic heterocycles. The lowest BCUT2D eigenvalue weighted by Gasteiger charge is -2.23. The van der Waals surface area contributed by atoms with E-state index in [1.165, 1.54) is 21.3 Å². The van der Waals surface area contributed by atoms with Gasteiger partial charge in [0.15, 0.2) is 28.8 Å². The molecule has 31 heavy (non-hydrogen) atoms. The third kappa shape index (κ3) is 4.61. The highest BCUT2D eigenvalue weighted by Gasteiger charge is 2.40. The number of pyridine rings is 1. The number of hydrogen-bond donors (Lipinski definition) is 0. The minimum atomic E-state index is -2.17. The van der Waals surface area contributed by atoms with Gasteiger partial charge in [-0.25, -0.2) is 0 Å². The van der Waals surface area contributed by atoms with Gasteiger partial charge in [0.25, 0.3) is 0 Å². The molecule has 0 radical (unpaired) electrons. The first kappa shape index (κ1) is 23.3. The number of benzene rings is 2. The molecule has 0 aliphatic carbocycles. The minimum absolute atomic E-state index is 0.405. The summed E-state index contributed by atoms with van der Waals surface area (Å²) < 4.78 is 19.3. The van der Waals surface area contributed by atoms with Gasteiger partial charge in [-0.1, -0.05) is 40.9 Å². The number of ketones is 1. The van der Waals surface area contributed by atoms with Crippen LogP contribution in [0.15, 0.2) is 42.6 Å². The smallest absolute Gasteiger partial charge is 0.249 e. The molecule has 0 aliphatic rings. The summed E-state index contributed by atoms with van der Waals surface area (Å²) in [6.07, 6.45) is 1.59. The summed E-state index contributed by atoms with van der Waals surface area (Å²) in [4.78, 5) is 17.8. The molecule has 3 rings (SSSR count). The van der Waals surface area contributed by atoms with Crippen molar-refractivity contribution in [3.63, 3.8) is 0 Å². The predicted octanol–water partition coefficient (Wildman–Crippen LogP) is 5.34. The van der Waals surface area contributed by atoms with E-state index < -0.39 is 15.5 Å². The number of Topliss-reactive ketones (excluding diaryl/α,β-unsaturated/α-hetero) is 1. The zero-order valence-corrected chi connectivity index (χ0v) is 19.5. The third-order valence-corrected chi connectivity index (χ3v) is 5.41. The fraction of sp³-hybridized carbons (Fsp3) is 0.273. The van der Waals surface area contributed by atoms with Gasteiger partial charge < -0.3 is 18.9 Å². The van der Waals surface area contributed by atoms with Gasteiger partial charge in [0.05, 0.1) is 40.1 Å². The van der Waals surface area contributed by atoms with Gasteiger partial charge >= 0.3 is 0 Å². The number of rotatable bonds is 7. The van der Waals surface area contributed by atoms with Crippen LogP contribution >= 0.6 is 34.8 Å². The van der Waals surface area contributed by atoms with E-state index in [0.717, 1.165) is 5.39 Å². The minimum Gasteiger partial charge on any atom is -0.493 e. The average molecular weight is 485 g/mol. The van der Waals surface area contributed by atoms with Crippen molar-refractivity contribution in [2.24, 2.45) is 0 Å². The third-order valence-electron chi connectivity index (χ3n) is 4.86.